The summed E-state index contributed by atoms with van der Waals surface area (Å²) in [5, 5.41) is 5.49. The molecule has 0 fully saturated rings. The lowest BCUT2D eigenvalue weighted by Crippen LogP contribution is -2.27. The number of anilines is 1. The number of H-pyrrole nitrogens is 1. The van der Waals surface area contributed by atoms with Crippen LogP contribution in [0.25, 0.3) is 28.1 Å². The third kappa shape index (κ3) is 5.48. The van der Waals surface area contributed by atoms with Gasteiger partial charge in [-0.3, -0.25) is 15.1 Å². The Kier molecular flexibility index (Phi) is 7.71. The number of aromatic amines is 1. The molecule has 1 atom stereocenters. The van der Waals surface area contributed by atoms with Crippen LogP contribution < -0.4 is 10.6 Å². The first kappa shape index (κ1) is 25.9. The number of amides is 2. The van der Waals surface area contributed by atoms with Crippen LogP contribution in [0.4, 0.5) is 10.7 Å². The minimum Gasteiger partial charge on any atom is -0.450 e. The second kappa shape index (κ2) is 11.3. The lowest BCUT2D eigenvalue weighted by atomic mass is 10.1. The van der Waals surface area contributed by atoms with Gasteiger partial charge in [0.25, 0.3) is 5.91 Å². The van der Waals surface area contributed by atoms with E-state index in [-0.39, 0.29) is 37.6 Å². The summed E-state index contributed by atoms with van der Waals surface area (Å²) in [6, 6.07) is 10.6. The average Bonchev–Trinajstić information content (AvgIpc) is 3.56. The lowest BCUT2D eigenvalue weighted by Gasteiger charge is -2.12. The van der Waals surface area contributed by atoms with Gasteiger partial charge < -0.3 is 19.6 Å². The Bertz CT molecular complexity index is 1550. The van der Waals surface area contributed by atoms with E-state index in [0.717, 1.165) is 5.69 Å². The van der Waals surface area contributed by atoms with E-state index in [2.05, 4.69) is 40.5 Å². The second-order valence-corrected chi connectivity index (χ2v) is 8.01. The van der Waals surface area contributed by atoms with E-state index in [9.17, 15) is 9.59 Å². The predicted octanol–water partition coefficient (Wildman–Crippen LogP) is 4.30. The maximum absolute atomic E-state index is 12.8. The van der Waals surface area contributed by atoms with E-state index in [0.29, 0.717) is 28.1 Å². The smallest absolute Gasteiger partial charge is 0.413 e. The fourth-order valence-electron chi connectivity index (χ4n) is 3.74. The SMILES string of the molecule is C.CCOC(=O)Nc1nc2c(-c3ncccn3)cc(-n3cnc(C(=O)NC(C)c4ccccn4)c3)cc2[nH]1. The Hall–Kier alpha value is -5.13. The Morgan fingerprint density at radius 1 is 1.08 bits per heavy atom. The Morgan fingerprint density at radius 2 is 1.87 bits per heavy atom. The first-order valence-corrected chi connectivity index (χ1v) is 11.5. The number of benzene rings is 1. The molecule has 1 aromatic carbocycles. The Balaban J connectivity index is 0.00000336. The minimum absolute atomic E-state index is 0. The molecule has 0 aliphatic heterocycles. The number of pyridine rings is 1. The van der Waals surface area contributed by atoms with E-state index in [1.807, 2.05) is 37.3 Å². The first-order valence-electron chi connectivity index (χ1n) is 11.5. The molecule has 0 saturated carbocycles. The van der Waals surface area contributed by atoms with E-state index >= 15 is 0 Å². The van der Waals surface area contributed by atoms with Crippen molar-refractivity contribution in [1.29, 1.82) is 0 Å². The largest absolute Gasteiger partial charge is 0.450 e. The zero-order valence-corrected chi connectivity index (χ0v) is 20.0. The molecule has 0 spiro atoms. The van der Waals surface area contributed by atoms with Gasteiger partial charge in [0.2, 0.25) is 5.95 Å². The number of carbonyl (C=O) groups excluding carboxylic acids is 2. The molecule has 5 rings (SSSR count). The van der Waals surface area contributed by atoms with Gasteiger partial charge in [-0.1, -0.05) is 13.5 Å². The molecule has 0 bridgehead atoms. The molecule has 4 heterocycles. The number of rotatable bonds is 7. The molecule has 0 aliphatic carbocycles. The third-order valence-electron chi connectivity index (χ3n) is 5.47. The van der Waals surface area contributed by atoms with Crippen LogP contribution in [-0.2, 0) is 4.74 Å². The van der Waals surface area contributed by atoms with Gasteiger partial charge in [-0.2, -0.15) is 0 Å². The molecule has 1 unspecified atom stereocenters. The second-order valence-electron chi connectivity index (χ2n) is 8.01. The summed E-state index contributed by atoms with van der Waals surface area (Å²) in [6.07, 6.45) is 7.50. The highest BCUT2D eigenvalue weighted by atomic mass is 16.5. The number of hydrogen-bond acceptors (Lipinski definition) is 8. The highest BCUT2D eigenvalue weighted by molar-refractivity contribution is 5.95. The monoisotopic (exact) mass is 513 g/mol. The third-order valence-corrected chi connectivity index (χ3v) is 5.47. The lowest BCUT2D eigenvalue weighted by molar-refractivity contribution is 0.0934. The van der Waals surface area contributed by atoms with Gasteiger partial charge >= 0.3 is 6.09 Å². The molecule has 5 aromatic rings. The van der Waals surface area contributed by atoms with Gasteiger partial charge in [0, 0.05) is 36.0 Å². The summed E-state index contributed by atoms with van der Waals surface area (Å²) in [7, 11) is 0. The van der Waals surface area contributed by atoms with E-state index in [4.69, 9.17) is 4.74 Å². The molecule has 38 heavy (non-hydrogen) atoms. The van der Waals surface area contributed by atoms with Crippen LogP contribution in [0.15, 0.2) is 67.5 Å². The molecule has 0 radical (unpaired) electrons. The quantitative estimate of drug-likeness (QED) is 0.291. The van der Waals surface area contributed by atoms with Gasteiger partial charge in [-0.15, -0.1) is 0 Å². The van der Waals surface area contributed by atoms with Gasteiger partial charge in [0.05, 0.1) is 23.9 Å². The highest BCUT2D eigenvalue weighted by Gasteiger charge is 2.18. The molecular formula is C26H27N9O3. The number of hydrogen-bond donors (Lipinski definition) is 3. The molecule has 12 heteroatoms. The zero-order valence-electron chi connectivity index (χ0n) is 20.0. The fraction of sp³-hybridized carbons (Fsp3) is 0.192. The van der Waals surface area contributed by atoms with Crippen molar-refractivity contribution >= 4 is 29.0 Å². The maximum Gasteiger partial charge on any atom is 0.413 e. The van der Waals surface area contributed by atoms with Crippen molar-refractivity contribution in [2.45, 2.75) is 27.3 Å². The average molecular weight is 514 g/mol. The molecule has 0 aliphatic rings. The van der Waals surface area contributed by atoms with Crippen LogP contribution in [0.1, 0.15) is 43.5 Å². The summed E-state index contributed by atoms with van der Waals surface area (Å²) in [4.78, 5) is 49.6. The van der Waals surface area contributed by atoms with Crippen LogP contribution in [0, 0.1) is 0 Å². The molecule has 12 nitrogen and oxygen atoms in total. The molecule has 0 saturated heterocycles. The van der Waals surface area contributed by atoms with E-state index in [1.54, 1.807) is 48.7 Å². The van der Waals surface area contributed by atoms with Crippen LogP contribution in [0.2, 0.25) is 0 Å². The van der Waals surface area contributed by atoms with Gasteiger partial charge in [0.1, 0.15) is 17.5 Å². The summed E-state index contributed by atoms with van der Waals surface area (Å²) in [5.41, 5.74) is 3.49. The normalized spacial score (nSPS) is 11.4. The topological polar surface area (TPSA) is 153 Å². The number of nitrogens with zero attached hydrogens (tertiary/aromatic N) is 6. The van der Waals surface area contributed by atoms with E-state index < -0.39 is 6.09 Å². The van der Waals surface area contributed by atoms with Crippen molar-refractivity contribution in [3.8, 4) is 17.1 Å². The maximum atomic E-state index is 12.8. The summed E-state index contributed by atoms with van der Waals surface area (Å²) >= 11 is 0. The van der Waals surface area contributed by atoms with Crippen molar-refractivity contribution in [3.05, 3.63) is 78.9 Å². The fourth-order valence-corrected chi connectivity index (χ4v) is 3.74. The van der Waals surface area contributed by atoms with Gasteiger partial charge in [0.15, 0.2) is 5.82 Å². The molecule has 3 N–H and O–H groups in total. The van der Waals surface area contributed by atoms with Crippen molar-refractivity contribution in [1.82, 2.24) is 39.8 Å². The predicted molar refractivity (Wildman–Crippen MR) is 142 cm³/mol. The van der Waals surface area contributed by atoms with Crippen LogP contribution >= 0.6 is 0 Å². The highest BCUT2D eigenvalue weighted by Crippen LogP contribution is 2.29. The molecule has 194 valence electrons. The van der Waals surface area contributed by atoms with Gasteiger partial charge in [-0.05, 0) is 44.2 Å². The van der Waals surface area contributed by atoms with Crippen molar-refractivity contribution in [3.63, 3.8) is 0 Å². The van der Waals surface area contributed by atoms with Crippen LogP contribution in [-0.4, -0.2) is 53.1 Å². The summed E-state index contributed by atoms with van der Waals surface area (Å²) < 4.78 is 6.66. The standard InChI is InChI=1S/C25H23N9O3.CH4/c1-3-37-25(36)33-24-31-19-12-16(11-17(21(19)32-24)22-27-9-6-10-28-22)34-13-20(29-14-34)23(35)30-15(2)18-7-4-5-8-26-18;/h4-15H,3H2,1-2H3,(H,30,35)(H2,31,32,33,36);1H4. The molecule has 2 amide bonds. The van der Waals surface area contributed by atoms with Crippen LogP contribution in [0.3, 0.4) is 0 Å². The van der Waals surface area contributed by atoms with Gasteiger partial charge in [-0.25, -0.2) is 24.7 Å². The van der Waals surface area contributed by atoms with Crippen molar-refractivity contribution in [2.75, 3.05) is 11.9 Å². The number of aromatic nitrogens is 7. The Labute approximate surface area is 218 Å². The van der Waals surface area contributed by atoms with E-state index in [1.165, 1.54) is 0 Å². The number of nitrogens with one attached hydrogen (secondary N) is 3. The minimum atomic E-state index is -0.621. The number of ether oxygens (including phenoxy) is 1. The van der Waals surface area contributed by atoms with Crippen molar-refractivity contribution in [2.24, 2.45) is 0 Å². The first-order chi connectivity index (χ1) is 18.0. The molecule has 4 aromatic heterocycles. The van der Waals surface area contributed by atoms with Crippen LogP contribution in [0.5, 0.6) is 0 Å². The summed E-state index contributed by atoms with van der Waals surface area (Å²) in [5.74, 6) is 0.342. The summed E-state index contributed by atoms with van der Waals surface area (Å²) in [6.45, 7) is 3.81. The van der Waals surface area contributed by atoms with Crippen molar-refractivity contribution < 1.29 is 14.3 Å². The zero-order chi connectivity index (χ0) is 25.8. The number of fused-ring (bicyclic) bond motifs is 1. The molecular weight excluding hydrogens is 486 g/mol. The Morgan fingerprint density at radius 3 is 2.61 bits per heavy atom. The number of carbonyl (C=O) groups is 2. The number of imidazole rings is 2.